The van der Waals surface area contributed by atoms with Crippen LogP contribution in [0.1, 0.15) is 18.0 Å². The Balaban J connectivity index is 1.93. The molecule has 0 aliphatic carbocycles. The maximum atomic E-state index is 13.3. The molecule has 0 unspecified atom stereocenters. The maximum absolute atomic E-state index is 13.3. The fourth-order valence-electron chi connectivity index (χ4n) is 3.50. The van der Waals surface area contributed by atoms with E-state index in [1.807, 2.05) is 0 Å². The molecule has 0 spiro atoms. The molecule has 0 aliphatic heterocycles. The van der Waals surface area contributed by atoms with Gasteiger partial charge < -0.3 is 19.5 Å². The van der Waals surface area contributed by atoms with Gasteiger partial charge in [0.2, 0.25) is 15.9 Å². The molecule has 3 aromatic carbocycles. The quantitative estimate of drug-likeness (QED) is 0.466. The van der Waals surface area contributed by atoms with Crippen molar-refractivity contribution < 1.29 is 27.4 Å². The summed E-state index contributed by atoms with van der Waals surface area (Å²) in [6, 6.07) is 19.3. The van der Waals surface area contributed by atoms with Crippen LogP contribution in [0.5, 0.6) is 17.2 Å². The lowest BCUT2D eigenvalue weighted by molar-refractivity contribution is -0.117. The van der Waals surface area contributed by atoms with Crippen LogP contribution in [-0.2, 0) is 14.8 Å². The topological polar surface area (TPSA) is 94.2 Å². The zero-order valence-corrected chi connectivity index (χ0v) is 20.3. The van der Waals surface area contributed by atoms with Crippen LogP contribution < -0.4 is 19.5 Å². The molecule has 9 heteroatoms. The van der Waals surface area contributed by atoms with Crippen molar-refractivity contribution in [2.75, 3.05) is 33.7 Å². The van der Waals surface area contributed by atoms with Crippen molar-refractivity contribution in [1.82, 2.24) is 4.31 Å². The zero-order chi connectivity index (χ0) is 24.7. The summed E-state index contributed by atoms with van der Waals surface area (Å²) in [6.07, 6.45) is -0.130. The van der Waals surface area contributed by atoms with E-state index in [-0.39, 0.29) is 17.2 Å². The standard InChI is InChI=1S/C25H28N2O6S/c1-27(34(29,30)21-8-6-5-7-9-21)23(18-10-12-19(31-2)13-11-18)17-25(28)26-22-16-20(32-3)14-15-24(22)33-4/h5-16,23H,17H2,1-4H3,(H,26,28)/t23-/m0/s1. The van der Waals surface area contributed by atoms with E-state index in [0.717, 1.165) is 0 Å². The lowest BCUT2D eigenvalue weighted by Gasteiger charge is -2.28. The molecule has 34 heavy (non-hydrogen) atoms. The van der Waals surface area contributed by atoms with Crippen LogP contribution in [-0.4, -0.2) is 47.0 Å². The van der Waals surface area contributed by atoms with Gasteiger partial charge in [-0.1, -0.05) is 30.3 Å². The van der Waals surface area contributed by atoms with Crippen LogP contribution in [0.15, 0.2) is 77.7 Å². The van der Waals surface area contributed by atoms with Gasteiger partial charge >= 0.3 is 0 Å². The second kappa shape index (κ2) is 11.0. The first-order chi connectivity index (χ1) is 16.3. The highest BCUT2D eigenvalue weighted by atomic mass is 32.2. The molecule has 0 fully saturated rings. The number of benzene rings is 3. The molecule has 180 valence electrons. The average molecular weight is 485 g/mol. The van der Waals surface area contributed by atoms with Crippen LogP contribution >= 0.6 is 0 Å². The third-order valence-electron chi connectivity index (χ3n) is 5.42. The largest absolute Gasteiger partial charge is 0.497 e. The van der Waals surface area contributed by atoms with Gasteiger partial charge in [0.25, 0.3) is 0 Å². The number of methoxy groups -OCH3 is 3. The van der Waals surface area contributed by atoms with E-state index in [2.05, 4.69) is 5.32 Å². The summed E-state index contributed by atoms with van der Waals surface area (Å²) in [6.45, 7) is 0. The molecule has 0 saturated heterocycles. The summed E-state index contributed by atoms with van der Waals surface area (Å²) in [4.78, 5) is 13.2. The first-order valence-corrected chi connectivity index (χ1v) is 11.9. The van der Waals surface area contributed by atoms with Gasteiger partial charge in [-0.05, 0) is 42.0 Å². The summed E-state index contributed by atoms with van der Waals surface area (Å²) in [5.41, 5.74) is 1.07. The van der Waals surface area contributed by atoms with E-state index in [4.69, 9.17) is 14.2 Å². The summed E-state index contributed by atoms with van der Waals surface area (Å²) in [5, 5.41) is 2.81. The Kier molecular flexibility index (Phi) is 8.14. The Labute approximate surface area is 200 Å². The SMILES string of the molecule is COc1ccc([C@H](CC(=O)Nc2cc(OC)ccc2OC)N(C)S(=O)(=O)c2ccccc2)cc1. The predicted octanol–water partition coefficient (Wildman–Crippen LogP) is 4.10. The maximum Gasteiger partial charge on any atom is 0.243 e. The number of carbonyl (C=O) groups excluding carboxylic acids is 1. The summed E-state index contributed by atoms with van der Waals surface area (Å²) < 4.78 is 43.6. The number of rotatable bonds is 10. The van der Waals surface area contributed by atoms with Gasteiger partial charge in [-0.2, -0.15) is 4.31 Å². The van der Waals surface area contributed by atoms with Crippen LogP contribution in [0.25, 0.3) is 0 Å². The zero-order valence-electron chi connectivity index (χ0n) is 19.5. The molecule has 1 N–H and O–H groups in total. The van der Waals surface area contributed by atoms with Crippen LogP contribution in [0, 0.1) is 0 Å². The summed E-state index contributed by atoms with van der Waals surface area (Å²) in [7, 11) is 2.17. The van der Waals surface area contributed by atoms with Crippen molar-refractivity contribution in [3.05, 3.63) is 78.4 Å². The average Bonchev–Trinajstić information content (AvgIpc) is 2.87. The first kappa shape index (κ1) is 25.1. The molecule has 0 saturated carbocycles. The van der Waals surface area contributed by atoms with E-state index in [1.54, 1.807) is 67.8 Å². The van der Waals surface area contributed by atoms with Gasteiger partial charge in [0.1, 0.15) is 17.2 Å². The number of nitrogens with one attached hydrogen (secondary N) is 1. The third-order valence-corrected chi connectivity index (χ3v) is 7.30. The highest BCUT2D eigenvalue weighted by Gasteiger charge is 2.31. The molecule has 0 aromatic heterocycles. The molecule has 0 bridgehead atoms. The fourth-order valence-corrected chi connectivity index (χ4v) is 4.86. The van der Waals surface area contributed by atoms with Gasteiger partial charge in [0.15, 0.2) is 0 Å². The molecule has 3 rings (SSSR count). The number of nitrogens with zero attached hydrogens (tertiary/aromatic N) is 1. The van der Waals surface area contributed by atoms with E-state index in [0.29, 0.717) is 28.5 Å². The number of carbonyl (C=O) groups is 1. The molecule has 3 aromatic rings. The molecular formula is C25H28N2O6S. The second-order valence-electron chi connectivity index (χ2n) is 7.44. The van der Waals surface area contributed by atoms with E-state index >= 15 is 0 Å². The van der Waals surface area contributed by atoms with Crippen molar-refractivity contribution in [2.24, 2.45) is 0 Å². The van der Waals surface area contributed by atoms with Crippen molar-refractivity contribution in [3.8, 4) is 17.2 Å². The van der Waals surface area contributed by atoms with Gasteiger partial charge in [-0.3, -0.25) is 4.79 Å². The monoisotopic (exact) mass is 484 g/mol. The molecule has 0 radical (unpaired) electrons. The Morgan fingerprint density at radius 3 is 2.09 bits per heavy atom. The van der Waals surface area contributed by atoms with Gasteiger partial charge in [-0.25, -0.2) is 8.42 Å². The molecular weight excluding hydrogens is 456 g/mol. The molecule has 1 atom stereocenters. The minimum absolute atomic E-state index is 0.130. The Morgan fingerprint density at radius 1 is 0.882 bits per heavy atom. The van der Waals surface area contributed by atoms with E-state index in [9.17, 15) is 13.2 Å². The molecule has 1 amide bonds. The van der Waals surface area contributed by atoms with Gasteiger partial charge in [0, 0.05) is 19.5 Å². The number of hydrogen-bond donors (Lipinski definition) is 1. The Hall–Kier alpha value is -3.56. The Morgan fingerprint density at radius 2 is 1.50 bits per heavy atom. The van der Waals surface area contributed by atoms with E-state index < -0.39 is 16.1 Å². The smallest absolute Gasteiger partial charge is 0.243 e. The lowest BCUT2D eigenvalue weighted by Crippen LogP contribution is -2.33. The van der Waals surface area contributed by atoms with E-state index in [1.165, 1.54) is 37.7 Å². The molecule has 8 nitrogen and oxygen atoms in total. The fraction of sp³-hybridized carbons (Fsp3) is 0.240. The number of amides is 1. The molecule has 0 aliphatic rings. The summed E-state index contributed by atoms with van der Waals surface area (Å²) >= 11 is 0. The van der Waals surface area contributed by atoms with Crippen molar-refractivity contribution in [2.45, 2.75) is 17.4 Å². The third kappa shape index (κ3) is 5.67. The highest BCUT2D eigenvalue weighted by molar-refractivity contribution is 7.89. The number of ether oxygens (including phenoxy) is 3. The van der Waals surface area contributed by atoms with Crippen molar-refractivity contribution in [1.29, 1.82) is 0 Å². The van der Waals surface area contributed by atoms with Crippen molar-refractivity contribution in [3.63, 3.8) is 0 Å². The van der Waals surface area contributed by atoms with Crippen LogP contribution in [0.2, 0.25) is 0 Å². The van der Waals surface area contributed by atoms with Crippen molar-refractivity contribution >= 4 is 21.6 Å². The number of sulfonamides is 1. The Bertz CT molecular complexity index is 1210. The van der Waals surface area contributed by atoms with Gasteiger partial charge in [-0.15, -0.1) is 0 Å². The van der Waals surface area contributed by atoms with Crippen LogP contribution in [0.4, 0.5) is 5.69 Å². The highest BCUT2D eigenvalue weighted by Crippen LogP contribution is 2.32. The summed E-state index contributed by atoms with van der Waals surface area (Å²) in [5.74, 6) is 1.25. The van der Waals surface area contributed by atoms with Crippen LogP contribution in [0.3, 0.4) is 0 Å². The number of hydrogen-bond acceptors (Lipinski definition) is 6. The normalized spacial score (nSPS) is 12.1. The number of anilines is 1. The lowest BCUT2D eigenvalue weighted by atomic mass is 10.0. The predicted molar refractivity (Wildman–Crippen MR) is 130 cm³/mol. The first-order valence-electron chi connectivity index (χ1n) is 10.5. The van der Waals surface area contributed by atoms with Gasteiger partial charge in [0.05, 0.1) is 38.0 Å². The minimum Gasteiger partial charge on any atom is -0.497 e. The molecule has 0 heterocycles. The minimum atomic E-state index is -3.87. The second-order valence-corrected chi connectivity index (χ2v) is 9.44.